The number of Topliss-reactive ketones (excluding diaryl/α,β-unsaturated/α-hetero) is 1. The molecule has 5 nitrogen and oxygen atoms in total. The van der Waals surface area contributed by atoms with Gasteiger partial charge in [-0.15, -0.1) is 11.3 Å². The summed E-state index contributed by atoms with van der Waals surface area (Å²) >= 11 is 1.54. The van der Waals surface area contributed by atoms with E-state index in [9.17, 15) is 14.4 Å². The van der Waals surface area contributed by atoms with Gasteiger partial charge in [0.2, 0.25) is 11.7 Å². The molecule has 0 saturated heterocycles. The summed E-state index contributed by atoms with van der Waals surface area (Å²) in [5, 5.41) is 2.84. The van der Waals surface area contributed by atoms with Gasteiger partial charge in [0.05, 0.1) is 12.5 Å². The molecule has 138 valence electrons. The lowest BCUT2D eigenvalue weighted by Crippen LogP contribution is -2.27. The van der Waals surface area contributed by atoms with Crippen LogP contribution in [0.5, 0.6) is 0 Å². The Hall–Kier alpha value is -2.47. The van der Waals surface area contributed by atoms with Crippen LogP contribution in [0.1, 0.15) is 51.5 Å². The molecule has 0 spiro atoms. The van der Waals surface area contributed by atoms with Gasteiger partial charge in [-0.3, -0.25) is 14.4 Å². The molecule has 1 N–H and O–H groups in total. The summed E-state index contributed by atoms with van der Waals surface area (Å²) in [4.78, 5) is 37.8. The molecule has 0 radical (unpaired) electrons. The minimum atomic E-state index is -0.550. The monoisotopic (exact) mass is 373 g/mol. The van der Waals surface area contributed by atoms with Crippen LogP contribution in [0.15, 0.2) is 36.4 Å². The Morgan fingerprint density at radius 3 is 2.42 bits per heavy atom. The van der Waals surface area contributed by atoms with Crippen LogP contribution in [0.25, 0.3) is 0 Å². The molecule has 1 aromatic carbocycles. The highest BCUT2D eigenvalue weighted by Crippen LogP contribution is 2.21. The molecular formula is C20H23NO4S. The van der Waals surface area contributed by atoms with E-state index in [0.29, 0.717) is 5.56 Å². The number of thiophene rings is 1. The highest BCUT2D eigenvalue weighted by molar-refractivity contribution is 7.12. The predicted molar refractivity (Wildman–Crippen MR) is 101 cm³/mol. The Morgan fingerprint density at radius 2 is 1.81 bits per heavy atom. The number of carbonyl (C=O) groups is 3. The van der Waals surface area contributed by atoms with Crippen molar-refractivity contribution in [1.82, 2.24) is 5.32 Å². The highest BCUT2D eigenvalue weighted by Gasteiger charge is 2.16. The molecule has 0 saturated carbocycles. The minimum absolute atomic E-state index is 0.0286. The Morgan fingerprint density at radius 1 is 1.12 bits per heavy atom. The lowest BCUT2D eigenvalue weighted by Gasteiger charge is -2.14. The number of ether oxygens (including phenoxy) is 1. The first-order chi connectivity index (χ1) is 12.4. The summed E-state index contributed by atoms with van der Waals surface area (Å²) in [6.45, 7) is 5.38. The fourth-order valence-electron chi connectivity index (χ4n) is 2.56. The van der Waals surface area contributed by atoms with Crippen molar-refractivity contribution in [3.63, 3.8) is 0 Å². The van der Waals surface area contributed by atoms with Crippen molar-refractivity contribution in [2.45, 2.75) is 39.7 Å². The maximum Gasteiger partial charge on any atom is 0.306 e. The molecule has 1 atom stereocenters. The molecule has 1 amide bonds. The predicted octanol–water partition coefficient (Wildman–Crippen LogP) is 3.75. The molecule has 0 aliphatic rings. The van der Waals surface area contributed by atoms with Crippen LogP contribution in [0.2, 0.25) is 0 Å². The van der Waals surface area contributed by atoms with Crippen molar-refractivity contribution < 1.29 is 19.1 Å². The van der Waals surface area contributed by atoms with E-state index in [4.69, 9.17) is 4.74 Å². The Labute approximate surface area is 157 Å². The second kappa shape index (κ2) is 9.29. The third-order valence-electron chi connectivity index (χ3n) is 3.94. The average molecular weight is 373 g/mol. The van der Waals surface area contributed by atoms with Crippen molar-refractivity contribution in [2.75, 3.05) is 6.61 Å². The Bertz CT molecular complexity index is 782. The lowest BCUT2D eigenvalue weighted by molar-refractivity contribution is -0.143. The third kappa shape index (κ3) is 5.81. The van der Waals surface area contributed by atoms with Crippen LogP contribution in [-0.4, -0.2) is 24.3 Å². The fraction of sp³-hybridized carbons (Fsp3) is 0.350. The highest BCUT2D eigenvalue weighted by atomic mass is 32.1. The van der Waals surface area contributed by atoms with Gasteiger partial charge in [0.15, 0.2) is 6.61 Å². The van der Waals surface area contributed by atoms with E-state index in [2.05, 4.69) is 5.32 Å². The number of amides is 1. The topological polar surface area (TPSA) is 72.5 Å². The first-order valence-corrected chi connectivity index (χ1v) is 9.28. The van der Waals surface area contributed by atoms with Gasteiger partial charge >= 0.3 is 5.97 Å². The molecule has 0 aliphatic carbocycles. The van der Waals surface area contributed by atoms with Gasteiger partial charge < -0.3 is 10.1 Å². The van der Waals surface area contributed by atoms with E-state index in [1.165, 1.54) is 11.3 Å². The van der Waals surface area contributed by atoms with Gasteiger partial charge in [-0.25, -0.2) is 0 Å². The van der Waals surface area contributed by atoms with Crippen LogP contribution in [0.3, 0.4) is 0 Å². The zero-order chi connectivity index (χ0) is 19.1. The molecule has 1 aromatic heterocycles. The number of esters is 1. The molecule has 1 heterocycles. The summed E-state index contributed by atoms with van der Waals surface area (Å²) in [5.41, 5.74) is 1.59. The molecule has 0 bridgehead atoms. The molecular weight excluding hydrogens is 350 g/mol. The van der Waals surface area contributed by atoms with Crippen molar-refractivity contribution >= 4 is 29.0 Å². The van der Waals surface area contributed by atoms with Gasteiger partial charge in [0.25, 0.3) is 0 Å². The van der Waals surface area contributed by atoms with Crippen LogP contribution in [0, 0.1) is 13.8 Å². The van der Waals surface area contributed by atoms with Crippen LogP contribution in [0.4, 0.5) is 0 Å². The summed E-state index contributed by atoms with van der Waals surface area (Å²) in [6.07, 6.45) is -0.0247. The number of hydrogen-bond acceptors (Lipinski definition) is 5. The second-order valence-corrected chi connectivity index (χ2v) is 7.57. The van der Waals surface area contributed by atoms with Crippen molar-refractivity contribution in [3.05, 3.63) is 57.3 Å². The maximum atomic E-state index is 12.1. The van der Waals surface area contributed by atoms with Gasteiger partial charge in [-0.05, 0) is 32.4 Å². The van der Waals surface area contributed by atoms with Gasteiger partial charge in [-0.1, -0.05) is 30.3 Å². The molecule has 0 aliphatic heterocycles. The zero-order valence-electron chi connectivity index (χ0n) is 15.2. The summed E-state index contributed by atoms with van der Waals surface area (Å²) < 4.78 is 5.00. The zero-order valence-corrected chi connectivity index (χ0v) is 16.0. The number of nitrogens with one attached hydrogen (secondary N) is 1. The SMILES string of the molecule is Cc1cc(C(=O)COC(=O)CCC(=O)N[C@@H](C)c2ccccc2)c(C)s1. The molecule has 0 fully saturated rings. The van der Waals surface area contributed by atoms with E-state index in [1.807, 2.05) is 51.1 Å². The normalized spacial score (nSPS) is 11.7. The standard InChI is InChI=1S/C20H23NO4S/c1-13-11-17(15(3)26-13)18(22)12-25-20(24)10-9-19(23)21-14(2)16-7-5-4-6-8-16/h4-8,11,14H,9-10,12H2,1-3H3,(H,21,23)/t14-/m0/s1. The van der Waals surface area contributed by atoms with Crippen molar-refractivity contribution in [1.29, 1.82) is 0 Å². The summed E-state index contributed by atoms with van der Waals surface area (Å²) in [7, 11) is 0. The molecule has 2 aromatic rings. The Balaban J connectivity index is 1.72. The second-order valence-electron chi connectivity index (χ2n) is 6.11. The van der Waals surface area contributed by atoms with Crippen LogP contribution in [-0.2, 0) is 14.3 Å². The first kappa shape index (κ1) is 19.8. The fourth-order valence-corrected chi connectivity index (χ4v) is 3.50. The Kier molecular flexibility index (Phi) is 7.09. The largest absolute Gasteiger partial charge is 0.457 e. The quantitative estimate of drug-likeness (QED) is 0.565. The average Bonchev–Trinajstić information content (AvgIpc) is 2.97. The number of carbonyl (C=O) groups excluding carboxylic acids is 3. The number of hydrogen-bond donors (Lipinski definition) is 1. The van der Waals surface area contributed by atoms with Crippen molar-refractivity contribution in [3.8, 4) is 0 Å². The number of rotatable bonds is 8. The van der Waals surface area contributed by atoms with E-state index in [-0.39, 0.29) is 37.2 Å². The smallest absolute Gasteiger partial charge is 0.306 e. The molecule has 6 heteroatoms. The van der Waals surface area contributed by atoms with Crippen molar-refractivity contribution in [2.24, 2.45) is 0 Å². The number of ketones is 1. The first-order valence-electron chi connectivity index (χ1n) is 8.47. The van der Waals surface area contributed by atoms with E-state index >= 15 is 0 Å². The third-order valence-corrected chi connectivity index (χ3v) is 4.90. The summed E-state index contributed by atoms with van der Waals surface area (Å²) in [5.74, 6) is -0.998. The molecule has 0 unspecified atom stereocenters. The lowest BCUT2D eigenvalue weighted by atomic mass is 10.1. The maximum absolute atomic E-state index is 12.1. The number of aryl methyl sites for hydroxylation is 2. The van der Waals surface area contributed by atoms with E-state index < -0.39 is 5.97 Å². The molecule has 26 heavy (non-hydrogen) atoms. The minimum Gasteiger partial charge on any atom is -0.457 e. The van der Waals surface area contributed by atoms with Gasteiger partial charge in [0, 0.05) is 21.7 Å². The van der Waals surface area contributed by atoms with E-state index in [0.717, 1.165) is 15.3 Å². The summed E-state index contributed by atoms with van der Waals surface area (Å²) in [6, 6.07) is 11.2. The molecule has 2 rings (SSSR count). The van der Waals surface area contributed by atoms with E-state index in [1.54, 1.807) is 6.07 Å². The van der Waals surface area contributed by atoms with Gasteiger partial charge in [0.1, 0.15) is 0 Å². The van der Waals surface area contributed by atoms with Gasteiger partial charge in [-0.2, -0.15) is 0 Å². The van der Waals surface area contributed by atoms with Crippen LogP contribution >= 0.6 is 11.3 Å². The number of benzene rings is 1. The van der Waals surface area contributed by atoms with Crippen LogP contribution < -0.4 is 5.32 Å².